The largest absolute Gasteiger partial charge is 0.478 e. The molecule has 0 unspecified atom stereocenters. The second-order valence-corrected chi connectivity index (χ2v) is 4.51. The Morgan fingerprint density at radius 1 is 1.30 bits per heavy atom. The summed E-state index contributed by atoms with van der Waals surface area (Å²) in [4.78, 5) is 10.6. The third-order valence-electron chi connectivity index (χ3n) is 2.13. The summed E-state index contributed by atoms with van der Waals surface area (Å²) < 4.78 is 50.5. The van der Waals surface area contributed by atoms with Gasteiger partial charge in [-0.25, -0.2) is 9.18 Å². The summed E-state index contributed by atoms with van der Waals surface area (Å²) in [5.41, 5.74) is -0.471. The van der Waals surface area contributed by atoms with E-state index in [-0.39, 0.29) is 27.7 Å². The summed E-state index contributed by atoms with van der Waals surface area (Å²) >= 11 is 0.213. The lowest BCUT2D eigenvalue weighted by Gasteiger charge is -2.04. The maximum Gasteiger partial charge on any atom is 0.445 e. The van der Waals surface area contributed by atoms with Crippen LogP contribution in [-0.4, -0.2) is 21.3 Å². The molecule has 1 heterocycles. The molecule has 2 aromatic rings. The van der Waals surface area contributed by atoms with Gasteiger partial charge in [0.1, 0.15) is 5.82 Å². The van der Waals surface area contributed by atoms with E-state index in [1.807, 2.05) is 0 Å². The van der Waals surface area contributed by atoms with Crippen molar-refractivity contribution in [2.24, 2.45) is 0 Å². The highest BCUT2D eigenvalue weighted by Gasteiger charge is 2.35. The van der Waals surface area contributed by atoms with Crippen molar-refractivity contribution in [3.63, 3.8) is 0 Å². The van der Waals surface area contributed by atoms with Crippen LogP contribution < -0.4 is 5.32 Å². The molecule has 0 saturated heterocycles. The highest BCUT2D eigenvalue weighted by molar-refractivity contribution is 7.15. The summed E-state index contributed by atoms with van der Waals surface area (Å²) in [7, 11) is 0. The highest BCUT2D eigenvalue weighted by Crippen LogP contribution is 2.34. The zero-order valence-electron chi connectivity index (χ0n) is 9.40. The van der Waals surface area contributed by atoms with Crippen LogP contribution in [0.1, 0.15) is 15.4 Å². The maximum absolute atomic E-state index is 13.5. The van der Waals surface area contributed by atoms with E-state index in [2.05, 4.69) is 15.5 Å². The van der Waals surface area contributed by atoms with Crippen molar-refractivity contribution in [2.45, 2.75) is 6.18 Å². The second-order valence-electron chi connectivity index (χ2n) is 3.53. The number of halogens is 4. The van der Waals surface area contributed by atoms with Gasteiger partial charge in [-0.05, 0) is 18.2 Å². The van der Waals surface area contributed by atoms with Gasteiger partial charge in [0.25, 0.3) is 0 Å². The normalized spacial score (nSPS) is 11.4. The van der Waals surface area contributed by atoms with Crippen LogP contribution in [0.5, 0.6) is 0 Å². The molecule has 0 saturated carbocycles. The molecule has 0 radical (unpaired) electrons. The lowest BCUT2D eigenvalue weighted by atomic mass is 10.2. The number of carbonyl (C=O) groups is 1. The van der Waals surface area contributed by atoms with E-state index in [0.29, 0.717) is 0 Å². The molecule has 0 bridgehead atoms. The van der Waals surface area contributed by atoms with Crippen molar-refractivity contribution in [3.05, 3.63) is 34.6 Å². The lowest BCUT2D eigenvalue weighted by molar-refractivity contribution is -0.138. The number of carboxylic acid groups (broad SMARTS) is 1. The Morgan fingerprint density at radius 2 is 2.00 bits per heavy atom. The van der Waals surface area contributed by atoms with Gasteiger partial charge < -0.3 is 10.4 Å². The standard InChI is InChI=1S/C10H5F4N3O2S/c11-5-3-4(7(18)19)1-2-6(5)15-9-17-16-8(20-9)10(12,13)14/h1-3H,(H,15,17)(H,18,19). The fraction of sp³-hybridized carbons (Fsp3) is 0.100. The zero-order valence-corrected chi connectivity index (χ0v) is 10.2. The third kappa shape index (κ3) is 3.02. The first-order valence-corrected chi connectivity index (χ1v) is 5.79. The van der Waals surface area contributed by atoms with E-state index < -0.39 is 23.0 Å². The molecule has 1 aromatic heterocycles. The molecular formula is C10H5F4N3O2S. The van der Waals surface area contributed by atoms with Crippen molar-refractivity contribution < 1.29 is 27.5 Å². The molecule has 20 heavy (non-hydrogen) atoms. The number of nitrogens with zero attached hydrogens (tertiary/aromatic N) is 2. The van der Waals surface area contributed by atoms with Crippen LogP contribution in [0, 0.1) is 5.82 Å². The van der Waals surface area contributed by atoms with Crippen LogP contribution in [0.3, 0.4) is 0 Å². The number of benzene rings is 1. The van der Waals surface area contributed by atoms with Gasteiger partial charge in [0, 0.05) is 0 Å². The number of hydrogen-bond acceptors (Lipinski definition) is 5. The van der Waals surface area contributed by atoms with Crippen molar-refractivity contribution in [1.29, 1.82) is 0 Å². The molecule has 0 fully saturated rings. The SMILES string of the molecule is O=C(O)c1ccc(Nc2nnc(C(F)(F)F)s2)c(F)c1. The maximum atomic E-state index is 13.5. The molecule has 1 aromatic carbocycles. The summed E-state index contributed by atoms with van der Waals surface area (Å²) in [6.45, 7) is 0. The van der Waals surface area contributed by atoms with E-state index in [1.165, 1.54) is 0 Å². The lowest BCUT2D eigenvalue weighted by Crippen LogP contribution is -2.03. The molecule has 106 valence electrons. The van der Waals surface area contributed by atoms with E-state index in [9.17, 15) is 22.4 Å². The van der Waals surface area contributed by atoms with Crippen LogP contribution in [0.15, 0.2) is 18.2 Å². The average molecular weight is 307 g/mol. The summed E-state index contributed by atoms with van der Waals surface area (Å²) in [5, 5.41) is 15.7. The summed E-state index contributed by atoms with van der Waals surface area (Å²) in [6, 6.07) is 2.95. The molecule has 5 nitrogen and oxygen atoms in total. The Labute approximate surface area is 112 Å². The first-order chi connectivity index (χ1) is 9.27. The smallest absolute Gasteiger partial charge is 0.445 e. The molecule has 2 rings (SSSR count). The third-order valence-corrected chi connectivity index (χ3v) is 3.01. The van der Waals surface area contributed by atoms with Crippen LogP contribution in [-0.2, 0) is 6.18 Å². The van der Waals surface area contributed by atoms with Gasteiger partial charge in [0.15, 0.2) is 0 Å². The fourth-order valence-corrected chi connectivity index (χ4v) is 1.88. The number of rotatable bonds is 3. The fourth-order valence-electron chi connectivity index (χ4n) is 1.25. The Bertz CT molecular complexity index is 656. The van der Waals surface area contributed by atoms with Crippen molar-refractivity contribution in [1.82, 2.24) is 10.2 Å². The minimum absolute atomic E-state index is 0.195. The molecule has 0 aliphatic rings. The van der Waals surface area contributed by atoms with Gasteiger partial charge in [-0.15, -0.1) is 10.2 Å². The molecule has 0 aliphatic heterocycles. The number of alkyl halides is 3. The Kier molecular flexibility index (Phi) is 3.57. The van der Waals surface area contributed by atoms with Crippen LogP contribution in [0.4, 0.5) is 28.4 Å². The van der Waals surface area contributed by atoms with Crippen LogP contribution in [0.2, 0.25) is 0 Å². The van der Waals surface area contributed by atoms with Gasteiger partial charge in [-0.2, -0.15) is 13.2 Å². The number of nitrogens with one attached hydrogen (secondary N) is 1. The van der Waals surface area contributed by atoms with E-state index >= 15 is 0 Å². The van der Waals surface area contributed by atoms with Gasteiger partial charge in [-0.1, -0.05) is 11.3 Å². The molecular weight excluding hydrogens is 302 g/mol. The van der Waals surface area contributed by atoms with Gasteiger partial charge >= 0.3 is 12.1 Å². The number of aromatic carboxylic acids is 1. The van der Waals surface area contributed by atoms with Gasteiger partial charge in [-0.3, -0.25) is 0 Å². The molecule has 0 aliphatic carbocycles. The first-order valence-electron chi connectivity index (χ1n) is 4.98. The molecule has 2 N–H and O–H groups in total. The monoisotopic (exact) mass is 307 g/mol. The Morgan fingerprint density at radius 3 is 2.50 bits per heavy atom. The van der Waals surface area contributed by atoms with Crippen molar-refractivity contribution >= 4 is 28.1 Å². The minimum atomic E-state index is -4.62. The molecule has 0 amide bonds. The van der Waals surface area contributed by atoms with Gasteiger partial charge in [0.2, 0.25) is 10.1 Å². The quantitative estimate of drug-likeness (QED) is 0.852. The topological polar surface area (TPSA) is 75.1 Å². The average Bonchev–Trinajstić information content (AvgIpc) is 2.80. The highest BCUT2D eigenvalue weighted by atomic mass is 32.1. The molecule has 10 heteroatoms. The predicted molar refractivity (Wildman–Crippen MR) is 61.6 cm³/mol. The van der Waals surface area contributed by atoms with Crippen molar-refractivity contribution in [2.75, 3.05) is 5.32 Å². The zero-order chi connectivity index (χ0) is 14.9. The Hall–Kier alpha value is -2.23. The number of hydrogen-bond donors (Lipinski definition) is 2. The molecule has 0 atom stereocenters. The van der Waals surface area contributed by atoms with E-state index in [1.54, 1.807) is 0 Å². The number of anilines is 2. The van der Waals surface area contributed by atoms with Gasteiger partial charge in [0.05, 0.1) is 11.3 Å². The molecule has 0 spiro atoms. The van der Waals surface area contributed by atoms with Crippen LogP contribution in [0.25, 0.3) is 0 Å². The number of aromatic nitrogens is 2. The van der Waals surface area contributed by atoms with E-state index in [0.717, 1.165) is 18.2 Å². The minimum Gasteiger partial charge on any atom is -0.478 e. The first kappa shape index (κ1) is 14.2. The van der Waals surface area contributed by atoms with Crippen molar-refractivity contribution in [3.8, 4) is 0 Å². The Balaban J connectivity index is 2.22. The number of carboxylic acids is 1. The second kappa shape index (κ2) is 5.04. The summed E-state index contributed by atoms with van der Waals surface area (Å²) in [6.07, 6.45) is -4.62. The van der Waals surface area contributed by atoms with E-state index in [4.69, 9.17) is 5.11 Å². The predicted octanol–water partition coefficient (Wildman–Crippen LogP) is 3.14. The summed E-state index contributed by atoms with van der Waals surface area (Å²) in [5.74, 6) is -2.24. The van der Waals surface area contributed by atoms with Crippen LogP contribution >= 0.6 is 11.3 Å².